The molecule has 110 valence electrons. The van der Waals surface area contributed by atoms with Crippen LogP contribution < -0.4 is 16.4 Å². The molecule has 0 aliphatic heterocycles. The number of benzene rings is 1. The van der Waals surface area contributed by atoms with Gasteiger partial charge in [-0.1, -0.05) is 6.07 Å². The van der Waals surface area contributed by atoms with E-state index in [0.717, 1.165) is 11.3 Å². The van der Waals surface area contributed by atoms with Gasteiger partial charge in [0.05, 0.1) is 11.9 Å². The number of aryl methyl sites for hydroxylation is 2. The summed E-state index contributed by atoms with van der Waals surface area (Å²) in [4.78, 5) is 16.0. The van der Waals surface area contributed by atoms with Crippen LogP contribution in [0.5, 0.6) is 0 Å². The van der Waals surface area contributed by atoms with Gasteiger partial charge in [0, 0.05) is 18.7 Å². The predicted octanol–water partition coefficient (Wildman–Crippen LogP) is 2.12. The first-order chi connectivity index (χ1) is 10.1. The van der Waals surface area contributed by atoms with E-state index in [2.05, 4.69) is 15.6 Å². The first-order valence-corrected chi connectivity index (χ1v) is 6.87. The fourth-order valence-electron chi connectivity index (χ4n) is 1.88. The number of hydrogen-bond acceptors (Lipinski definition) is 4. The number of carbonyl (C=O) groups excluding carboxylic acids is 1. The van der Waals surface area contributed by atoms with Crippen LogP contribution in [0.25, 0.3) is 0 Å². The van der Waals surface area contributed by atoms with Crippen molar-refractivity contribution in [3.8, 4) is 0 Å². The molecule has 21 heavy (non-hydrogen) atoms. The van der Waals surface area contributed by atoms with Gasteiger partial charge < -0.3 is 16.4 Å². The monoisotopic (exact) mass is 284 g/mol. The molecule has 1 amide bonds. The van der Waals surface area contributed by atoms with Crippen LogP contribution in [0, 0.1) is 13.8 Å². The van der Waals surface area contributed by atoms with E-state index in [0.29, 0.717) is 24.5 Å². The molecule has 2 aromatic rings. The van der Waals surface area contributed by atoms with Gasteiger partial charge in [-0.05, 0) is 49.2 Å². The van der Waals surface area contributed by atoms with Gasteiger partial charge in [0.25, 0.3) is 5.91 Å². The normalized spacial score (nSPS) is 10.2. The molecule has 0 aliphatic carbocycles. The van der Waals surface area contributed by atoms with Gasteiger partial charge >= 0.3 is 0 Å². The molecule has 5 heteroatoms. The van der Waals surface area contributed by atoms with Crippen molar-refractivity contribution in [2.75, 3.05) is 24.1 Å². The Labute approximate surface area is 124 Å². The lowest BCUT2D eigenvalue weighted by Gasteiger charge is -2.09. The Kier molecular flexibility index (Phi) is 4.77. The average molecular weight is 284 g/mol. The van der Waals surface area contributed by atoms with Crippen LogP contribution in [-0.2, 0) is 0 Å². The van der Waals surface area contributed by atoms with Crippen molar-refractivity contribution in [1.29, 1.82) is 0 Å². The summed E-state index contributed by atoms with van der Waals surface area (Å²) in [5, 5.41) is 6.05. The standard InChI is InChI=1S/C16H20N4O/c1-11-3-4-13(9-12(11)2)16(21)19-8-7-18-14-5-6-15(17)20-10-14/h3-6,9-10,18H,7-8H2,1-2H3,(H2,17,20)(H,19,21). The molecule has 0 spiro atoms. The molecule has 0 saturated heterocycles. The number of hydrogen-bond donors (Lipinski definition) is 3. The first kappa shape index (κ1) is 14.8. The summed E-state index contributed by atoms with van der Waals surface area (Å²) in [6, 6.07) is 9.29. The SMILES string of the molecule is Cc1ccc(C(=O)NCCNc2ccc(N)nc2)cc1C. The van der Waals surface area contributed by atoms with E-state index < -0.39 is 0 Å². The lowest BCUT2D eigenvalue weighted by molar-refractivity contribution is 0.0955. The third-order valence-electron chi connectivity index (χ3n) is 3.30. The summed E-state index contributed by atoms with van der Waals surface area (Å²) >= 11 is 0. The Hall–Kier alpha value is -2.56. The zero-order valence-corrected chi connectivity index (χ0v) is 12.3. The number of nitrogens with one attached hydrogen (secondary N) is 2. The highest BCUT2D eigenvalue weighted by Crippen LogP contribution is 2.09. The van der Waals surface area contributed by atoms with Crippen LogP contribution in [0.1, 0.15) is 21.5 Å². The second-order valence-corrected chi connectivity index (χ2v) is 4.95. The number of anilines is 2. The lowest BCUT2D eigenvalue weighted by Crippen LogP contribution is -2.28. The fraction of sp³-hybridized carbons (Fsp3) is 0.250. The van der Waals surface area contributed by atoms with Crippen LogP contribution in [-0.4, -0.2) is 24.0 Å². The van der Waals surface area contributed by atoms with E-state index in [4.69, 9.17) is 5.73 Å². The van der Waals surface area contributed by atoms with E-state index in [1.54, 1.807) is 12.3 Å². The molecule has 0 bridgehead atoms. The summed E-state index contributed by atoms with van der Waals surface area (Å²) in [7, 11) is 0. The molecule has 0 saturated carbocycles. The van der Waals surface area contributed by atoms with Crippen LogP contribution in [0.15, 0.2) is 36.5 Å². The van der Waals surface area contributed by atoms with E-state index in [-0.39, 0.29) is 5.91 Å². The van der Waals surface area contributed by atoms with E-state index >= 15 is 0 Å². The molecule has 1 aromatic carbocycles. The minimum Gasteiger partial charge on any atom is -0.384 e. The van der Waals surface area contributed by atoms with Crippen LogP contribution >= 0.6 is 0 Å². The largest absolute Gasteiger partial charge is 0.384 e. The average Bonchev–Trinajstić information content (AvgIpc) is 2.48. The smallest absolute Gasteiger partial charge is 0.251 e. The summed E-state index contributed by atoms with van der Waals surface area (Å²) in [6.07, 6.45) is 1.67. The second-order valence-electron chi connectivity index (χ2n) is 4.95. The van der Waals surface area contributed by atoms with E-state index in [9.17, 15) is 4.79 Å². The minimum atomic E-state index is -0.0599. The zero-order chi connectivity index (χ0) is 15.2. The van der Waals surface area contributed by atoms with Crippen molar-refractivity contribution in [2.24, 2.45) is 0 Å². The topological polar surface area (TPSA) is 80.0 Å². The molecule has 0 atom stereocenters. The van der Waals surface area contributed by atoms with Crippen molar-refractivity contribution in [3.63, 3.8) is 0 Å². The molecule has 4 N–H and O–H groups in total. The molecule has 0 fully saturated rings. The molecule has 0 radical (unpaired) electrons. The molecule has 5 nitrogen and oxygen atoms in total. The highest BCUT2D eigenvalue weighted by Gasteiger charge is 2.05. The number of carbonyl (C=O) groups is 1. The van der Waals surface area contributed by atoms with Crippen molar-refractivity contribution in [2.45, 2.75) is 13.8 Å². The Balaban J connectivity index is 1.79. The Bertz CT molecular complexity index is 623. The predicted molar refractivity (Wildman–Crippen MR) is 85.4 cm³/mol. The number of aromatic nitrogens is 1. The number of amides is 1. The Morgan fingerprint density at radius 2 is 1.95 bits per heavy atom. The van der Waals surface area contributed by atoms with Gasteiger partial charge in [-0.2, -0.15) is 0 Å². The Morgan fingerprint density at radius 3 is 2.62 bits per heavy atom. The van der Waals surface area contributed by atoms with Gasteiger partial charge in [0.2, 0.25) is 0 Å². The summed E-state index contributed by atoms with van der Waals surface area (Å²) in [5.41, 5.74) is 9.38. The third-order valence-corrected chi connectivity index (χ3v) is 3.30. The van der Waals surface area contributed by atoms with Crippen LogP contribution in [0.3, 0.4) is 0 Å². The van der Waals surface area contributed by atoms with Gasteiger partial charge in [0.1, 0.15) is 5.82 Å². The van der Waals surface area contributed by atoms with Gasteiger partial charge in [-0.15, -0.1) is 0 Å². The van der Waals surface area contributed by atoms with Gasteiger partial charge in [-0.25, -0.2) is 4.98 Å². The number of nitrogens with zero attached hydrogens (tertiary/aromatic N) is 1. The molecule has 0 aliphatic rings. The lowest BCUT2D eigenvalue weighted by atomic mass is 10.1. The summed E-state index contributed by atoms with van der Waals surface area (Å²) in [5.74, 6) is 0.430. The third kappa shape index (κ3) is 4.21. The van der Waals surface area contributed by atoms with E-state index in [1.807, 2.05) is 38.1 Å². The highest BCUT2D eigenvalue weighted by atomic mass is 16.1. The summed E-state index contributed by atoms with van der Waals surface area (Å²) in [6.45, 7) is 5.20. The zero-order valence-electron chi connectivity index (χ0n) is 12.3. The van der Waals surface area contributed by atoms with Gasteiger partial charge in [-0.3, -0.25) is 4.79 Å². The van der Waals surface area contributed by atoms with Crippen LogP contribution in [0.2, 0.25) is 0 Å². The number of nitrogens with two attached hydrogens (primary N) is 1. The minimum absolute atomic E-state index is 0.0599. The van der Waals surface area contributed by atoms with Crippen molar-refractivity contribution < 1.29 is 4.79 Å². The first-order valence-electron chi connectivity index (χ1n) is 6.87. The maximum atomic E-state index is 12.0. The second kappa shape index (κ2) is 6.74. The molecule has 1 aromatic heterocycles. The van der Waals surface area contributed by atoms with Crippen LogP contribution in [0.4, 0.5) is 11.5 Å². The number of rotatable bonds is 5. The quantitative estimate of drug-likeness (QED) is 0.735. The Morgan fingerprint density at radius 1 is 1.14 bits per heavy atom. The maximum Gasteiger partial charge on any atom is 0.251 e. The van der Waals surface area contributed by atoms with Crippen molar-refractivity contribution in [3.05, 3.63) is 53.2 Å². The van der Waals surface area contributed by atoms with Gasteiger partial charge in [0.15, 0.2) is 0 Å². The molecular formula is C16H20N4O. The molecule has 1 heterocycles. The highest BCUT2D eigenvalue weighted by molar-refractivity contribution is 5.94. The fourth-order valence-corrected chi connectivity index (χ4v) is 1.88. The van der Waals surface area contributed by atoms with Crippen molar-refractivity contribution in [1.82, 2.24) is 10.3 Å². The molecule has 0 unspecified atom stereocenters. The number of pyridine rings is 1. The molecule has 2 rings (SSSR count). The molecular weight excluding hydrogens is 264 g/mol. The van der Waals surface area contributed by atoms with Crippen molar-refractivity contribution >= 4 is 17.4 Å². The maximum absolute atomic E-state index is 12.0. The van der Waals surface area contributed by atoms with E-state index in [1.165, 1.54) is 5.56 Å². The summed E-state index contributed by atoms with van der Waals surface area (Å²) < 4.78 is 0. The number of nitrogen functional groups attached to an aromatic ring is 1.